The molecule has 0 bridgehead atoms. The minimum Gasteiger partial charge on any atom is -0.452 e. The van der Waals surface area contributed by atoms with Crippen LogP contribution in [-0.4, -0.2) is 12.5 Å². The van der Waals surface area contributed by atoms with Gasteiger partial charge >= 0.3 is 0 Å². The number of amides is 1. The lowest BCUT2D eigenvalue weighted by atomic mass is 10.1. The van der Waals surface area contributed by atoms with Crippen LogP contribution in [-0.2, 0) is 6.42 Å². The highest BCUT2D eigenvalue weighted by Gasteiger charge is 2.27. The van der Waals surface area contributed by atoms with Crippen LogP contribution in [0.2, 0.25) is 5.22 Å². The molecular formula is C13H11ClN2O2. The summed E-state index contributed by atoms with van der Waals surface area (Å²) < 4.78 is 4.95. The van der Waals surface area contributed by atoms with Gasteiger partial charge in [0.25, 0.3) is 5.91 Å². The molecular weight excluding hydrogens is 252 g/mol. The van der Waals surface area contributed by atoms with Crippen molar-refractivity contribution in [3.8, 4) is 0 Å². The van der Waals surface area contributed by atoms with E-state index in [1.807, 2.05) is 12.1 Å². The van der Waals surface area contributed by atoms with E-state index in [9.17, 15) is 4.79 Å². The summed E-state index contributed by atoms with van der Waals surface area (Å²) in [5.74, 6) is -0.141. The lowest BCUT2D eigenvalue weighted by molar-refractivity contribution is 0.0989. The Kier molecular flexibility index (Phi) is 2.52. The molecule has 0 aliphatic carbocycles. The highest BCUT2D eigenvalue weighted by molar-refractivity contribution is 6.33. The molecule has 0 atom stereocenters. The number of rotatable bonds is 1. The van der Waals surface area contributed by atoms with E-state index in [1.165, 1.54) is 6.26 Å². The first-order valence-corrected chi connectivity index (χ1v) is 5.98. The Morgan fingerprint density at radius 3 is 2.94 bits per heavy atom. The minimum atomic E-state index is -0.141. The van der Waals surface area contributed by atoms with Crippen molar-refractivity contribution in [2.24, 2.45) is 0 Å². The molecule has 4 nitrogen and oxygen atoms in total. The van der Waals surface area contributed by atoms with E-state index in [-0.39, 0.29) is 11.1 Å². The molecule has 1 aromatic heterocycles. The van der Waals surface area contributed by atoms with Gasteiger partial charge in [-0.2, -0.15) is 0 Å². The molecule has 2 heterocycles. The number of halogens is 1. The zero-order chi connectivity index (χ0) is 12.7. The number of hydrogen-bond donors (Lipinski definition) is 1. The fourth-order valence-corrected chi connectivity index (χ4v) is 2.42. The van der Waals surface area contributed by atoms with Crippen LogP contribution in [0.3, 0.4) is 0 Å². The van der Waals surface area contributed by atoms with E-state index in [1.54, 1.807) is 17.0 Å². The van der Waals surface area contributed by atoms with Gasteiger partial charge in [0.15, 0.2) is 0 Å². The SMILES string of the molecule is Nc1ccc2c(c1)CCN2C(=O)c1ccoc1Cl. The fourth-order valence-electron chi connectivity index (χ4n) is 2.22. The van der Waals surface area contributed by atoms with Crippen molar-refractivity contribution in [3.63, 3.8) is 0 Å². The first-order valence-electron chi connectivity index (χ1n) is 5.60. The molecule has 0 saturated carbocycles. The predicted molar refractivity (Wildman–Crippen MR) is 70.0 cm³/mol. The number of carbonyl (C=O) groups excluding carboxylic acids is 1. The van der Waals surface area contributed by atoms with E-state index in [4.69, 9.17) is 21.8 Å². The van der Waals surface area contributed by atoms with Crippen LogP contribution in [0.5, 0.6) is 0 Å². The average Bonchev–Trinajstić information content (AvgIpc) is 2.94. The van der Waals surface area contributed by atoms with Gasteiger partial charge in [-0.3, -0.25) is 4.79 Å². The van der Waals surface area contributed by atoms with E-state index in [0.717, 1.165) is 17.7 Å². The van der Waals surface area contributed by atoms with E-state index in [0.29, 0.717) is 17.8 Å². The van der Waals surface area contributed by atoms with E-state index in [2.05, 4.69) is 0 Å². The Bertz CT molecular complexity index is 621. The van der Waals surface area contributed by atoms with Crippen molar-refractivity contribution in [2.45, 2.75) is 6.42 Å². The summed E-state index contributed by atoms with van der Waals surface area (Å²) in [6.07, 6.45) is 2.22. The van der Waals surface area contributed by atoms with Crippen LogP contribution >= 0.6 is 11.6 Å². The zero-order valence-corrected chi connectivity index (χ0v) is 10.3. The van der Waals surface area contributed by atoms with Crippen molar-refractivity contribution in [3.05, 3.63) is 46.9 Å². The van der Waals surface area contributed by atoms with Gasteiger partial charge in [-0.15, -0.1) is 0 Å². The number of carbonyl (C=O) groups is 1. The fraction of sp³-hybridized carbons (Fsp3) is 0.154. The summed E-state index contributed by atoms with van der Waals surface area (Å²) >= 11 is 5.83. The van der Waals surface area contributed by atoms with Crippen LogP contribution in [0.25, 0.3) is 0 Å². The van der Waals surface area contributed by atoms with Crippen molar-refractivity contribution < 1.29 is 9.21 Å². The summed E-state index contributed by atoms with van der Waals surface area (Å²) in [6, 6.07) is 7.14. The Labute approximate surface area is 109 Å². The molecule has 0 unspecified atom stereocenters. The lowest BCUT2D eigenvalue weighted by Gasteiger charge is -2.16. The summed E-state index contributed by atoms with van der Waals surface area (Å²) in [7, 11) is 0. The van der Waals surface area contributed by atoms with Crippen LogP contribution in [0.4, 0.5) is 11.4 Å². The van der Waals surface area contributed by atoms with E-state index < -0.39 is 0 Å². The molecule has 1 aliphatic rings. The Morgan fingerprint density at radius 2 is 2.22 bits per heavy atom. The van der Waals surface area contributed by atoms with Gasteiger partial charge in [0.2, 0.25) is 5.22 Å². The summed E-state index contributed by atoms with van der Waals surface area (Å²) in [6.45, 7) is 0.638. The molecule has 2 N–H and O–H groups in total. The molecule has 2 aromatic rings. The second kappa shape index (κ2) is 4.07. The second-order valence-corrected chi connectivity index (χ2v) is 4.55. The maximum atomic E-state index is 12.3. The number of hydrogen-bond acceptors (Lipinski definition) is 3. The smallest absolute Gasteiger partial charge is 0.263 e. The zero-order valence-electron chi connectivity index (χ0n) is 9.52. The molecule has 3 rings (SSSR count). The number of benzene rings is 1. The third-order valence-corrected chi connectivity index (χ3v) is 3.39. The van der Waals surface area contributed by atoms with Crippen LogP contribution in [0.1, 0.15) is 15.9 Å². The largest absolute Gasteiger partial charge is 0.452 e. The molecule has 1 amide bonds. The molecule has 0 radical (unpaired) electrons. The van der Waals surface area contributed by atoms with Gasteiger partial charge in [0.1, 0.15) is 0 Å². The van der Waals surface area contributed by atoms with Gasteiger partial charge < -0.3 is 15.1 Å². The number of nitrogen functional groups attached to an aromatic ring is 1. The standard InChI is InChI=1S/C13H11ClN2O2/c14-12-10(4-6-18-12)13(17)16-5-3-8-7-9(15)1-2-11(8)16/h1-2,4,6-7H,3,5,15H2. The number of anilines is 2. The molecule has 18 heavy (non-hydrogen) atoms. The van der Waals surface area contributed by atoms with Gasteiger partial charge in [-0.1, -0.05) is 0 Å². The third kappa shape index (κ3) is 1.66. The quantitative estimate of drug-likeness (QED) is 0.804. The number of nitrogens with two attached hydrogens (primary N) is 1. The minimum absolute atomic E-state index is 0.129. The van der Waals surface area contributed by atoms with Crippen molar-refractivity contribution in [2.75, 3.05) is 17.2 Å². The highest BCUT2D eigenvalue weighted by atomic mass is 35.5. The van der Waals surface area contributed by atoms with Crippen molar-refractivity contribution >= 4 is 28.9 Å². The Hall–Kier alpha value is -1.94. The number of furan rings is 1. The molecule has 5 heteroatoms. The molecule has 0 saturated heterocycles. The summed E-state index contributed by atoms with van der Waals surface area (Å²) in [4.78, 5) is 14.0. The van der Waals surface area contributed by atoms with Gasteiger partial charge in [-0.25, -0.2) is 0 Å². The molecule has 1 aromatic carbocycles. The van der Waals surface area contributed by atoms with E-state index >= 15 is 0 Å². The number of fused-ring (bicyclic) bond motifs is 1. The number of nitrogens with zero attached hydrogens (tertiary/aromatic N) is 1. The summed E-state index contributed by atoms with van der Waals surface area (Å²) in [5.41, 5.74) is 8.82. The van der Waals surface area contributed by atoms with Crippen LogP contribution < -0.4 is 10.6 Å². The first-order chi connectivity index (χ1) is 8.66. The first kappa shape index (κ1) is 11.2. The van der Waals surface area contributed by atoms with Crippen LogP contribution in [0, 0.1) is 0 Å². The summed E-state index contributed by atoms with van der Waals surface area (Å²) in [5, 5.41) is 0.129. The molecule has 92 valence electrons. The predicted octanol–water partition coefficient (Wildman–Crippen LogP) is 2.72. The molecule has 0 spiro atoms. The van der Waals surface area contributed by atoms with Crippen molar-refractivity contribution in [1.29, 1.82) is 0 Å². The van der Waals surface area contributed by atoms with Gasteiger partial charge in [0.05, 0.1) is 11.8 Å². The highest BCUT2D eigenvalue weighted by Crippen LogP contribution is 2.32. The Balaban J connectivity index is 1.98. The maximum absolute atomic E-state index is 12.3. The Morgan fingerprint density at radius 1 is 1.39 bits per heavy atom. The van der Waals surface area contributed by atoms with Crippen LogP contribution in [0.15, 0.2) is 34.9 Å². The van der Waals surface area contributed by atoms with Gasteiger partial charge in [-0.05, 0) is 47.9 Å². The monoisotopic (exact) mass is 262 g/mol. The molecule has 0 fully saturated rings. The van der Waals surface area contributed by atoms with Crippen molar-refractivity contribution in [1.82, 2.24) is 0 Å². The third-order valence-electron chi connectivity index (χ3n) is 3.09. The van der Waals surface area contributed by atoms with Gasteiger partial charge in [0, 0.05) is 17.9 Å². The molecule has 1 aliphatic heterocycles. The average molecular weight is 263 g/mol. The second-order valence-electron chi connectivity index (χ2n) is 4.20. The normalized spacial score (nSPS) is 13.7. The lowest BCUT2D eigenvalue weighted by Crippen LogP contribution is -2.28. The maximum Gasteiger partial charge on any atom is 0.263 e. The topological polar surface area (TPSA) is 59.5 Å².